The molecule has 0 spiro atoms. The van der Waals surface area contributed by atoms with Crippen molar-refractivity contribution in [3.05, 3.63) is 17.8 Å². The van der Waals surface area contributed by atoms with E-state index in [0.29, 0.717) is 18.3 Å². The predicted molar refractivity (Wildman–Crippen MR) is 64.2 cm³/mol. The van der Waals surface area contributed by atoms with E-state index < -0.39 is 5.97 Å². The van der Waals surface area contributed by atoms with E-state index >= 15 is 0 Å². The lowest BCUT2D eigenvalue weighted by molar-refractivity contribution is 0.0592. The van der Waals surface area contributed by atoms with Gasteiger partial charge in [-0.3, -0.25) is 0 Å². The maximum Gasteiger partial charge on any atom is 0.358 e. The molecule has 0 aromatic carbocycles. The van der Waals surface area contributed by atoms with Crippen LogP contribution in [0.15, 0.2) is 12.1 Å². The Morgan fingerprint density at radius 3 is 2.89 bits per heavy atom. The Morgan fingerprint density at radius 1 is 1.44 bits per heavy atom. The van der Waals surface area contributed by atoms with Crippen molar-refractivity contribution in [2.24, 2.45) is 11.7 Å². The highest BCUT2D eigenvalue weighted by atomic mass is 16.5. The van der Waals surface area contributed by atoms with E-state index in [9.17, 15) is 4.79 Å². The first kappa shape index (κ1) is 12.8. The lowest BCUT2D eigenvalue weighted by Gasteiger charge is -2.18. The summed E-state index contributed by atoms with van der Waals surface area (Å²) >= 11 is 0. The van der Waals surface area contributed by atoms with Crippen LogP contribution in [0, 0.1) is 5.92 Å². The third kappa shape index (κ3) is 2.76. The Bertz CT molecular complexity index is 408. The van der Waals surface area contributed by atoms with Gasteiger partial charge < -0.3 is 15.2 Å². The highest BCUT2D eigenvalue weighted by Gasteiger charge is 2.28. The molecule has 98 valence electrons. The minimum atomic E-state index is -0.505. The number of ether oxygens (including phenoxy) is 2. The molecule has 1 heterocycles. The monoisotopic (exact) mass is 251 g/mol. The first-order chi connectivity index (χ1) is 8.74. The third-order valence-corrected chi connectivity index (χ3v) is 3.20. The van der Waals surface area contributed by atoms with E-state index in [1.165, 1.54) is 7.11 Å². The summed E-state index contributed by atoms with van der Waals surface area (Å²) in [4.78, 5) is 11.2. The Kier molecular flexibility index (Phi) is 4.09. The summed E-state index contributed by atoms with van der Waals surface area (Å²) in [5, 5.41) is 7.63. The van der Waals surface area contributed by atoms with Crippen LogP contribution in [-0.2, 0) is 4.74 Å². The fourth-order valence-electron chi connectivity index (χ4n) is 2.18. The molecular weight excluding hydrogens is 234 g/mol. The van der Waals surface area contributed by atoms with Crippen molar-refractivity contribution in [3.63, 3.8) is 0 Å². The number of nitrogens with zero attached hydrogens (tertiary/aromatic N) is 2. The molecule has 1 fully saturated rings. The van der Waals surface area contributed by atoms with E-state index in [1.54, 1.807) is 12.1 Å². The van der Waals surface area contributed by atoms with Crippen LogP contribution in [0.3, 0.4) is 0 Å². The Hall–Kier alpha value is -1.69. The molecule has 18 heavy (non-hydrogen) atoms. The van der Waals surface area contributed by atoms with Crippen LogP contribution in [0.2, 0.25) is 0 Å². The summed E-state index contributed by atoms with van der Waals surface area (Å²) in [5.74, 6) is 0.301. The van der Waals surface area contributed by atoms with Gasteiger partial charge in [0.05, 0.1) is 7.11 Å². The lowest BCUT2D eigenvalue weighted by atomic mass is 10.1. The van der Waals surface area contributed by atoms with Crippen molar-refractivity contribution in [2.45, 2.75) is 25.4 Å². The zero-order chi connectivity index (χ0) is 13.0. The molecule has 1 aliphatic rings. The van der Waals surface area contributed by atoms with E-state index in [0.717, 1.165) is 19.3 Å². The maximum atomic E-state index is 11.2. The fourth-order valence-corrected chi connectivity index (χ4v) is 2.18. The molecule has 1 aromatic heterocycles. The van der Waals surface area contributed by atoms with Gasteiger partial charge in [-0.25, -0.2) is 4.79 Å². The maximum absolute atomic E-state index is 11.2. The molecule has 6 heteroatoms. The molecule has 2 unspecified atom stereocenters. The number of hydrogen-bond acceptors (Lipinski definition) is 6. The molecule has 6 nitrogen and oxygen atoms in total. The third-order valence-electron chi connectivity index (χ3n) is 3.20. The topological polar surface area (TPSA) is 87.3 Å². The number of esters is 1. The molecule has 0 saturated heterocycles. The Labute approximate surface area is 105 Å². The van der Waals surface area contributed by atoms with E-state index in [1.807, 2.05) is 0 Å². The van der Waals surface area contributed by atoms with Crippen LogP contribution in [0.1, 0.15) is 29.8 Å². The van der Waals surface area contributed by atoms with Crippen LogP contribution >= 0.6 is 0 Å². The lowest BCUT2D eigenvalue weighted by Crippen LogP contribution is -2.28. The average Bonchev–Trinajstić information content (AvgIpc) is 2.86. The minimum Gasteiger partial charge on any atom is -0.473 e. The van der Waals surface area contributed by atoms with Crippen LogP contribution in [0.4, 0.5) is 0 Å². The molecule has 1 aromatic rings. The number of rotatable bonds is 4. The second-order valence-corrected chi connectivity index (χ2v) is 4.33. The quantitative estimate of drug-likeness (QED) is 0.795. The summed E-state index contributed by atoms with van der Waals surface area (Å²) in [7, 11) is 1.30. The number of carbonyl (C=O) groups is 1. The number of hydrogen-bond donors (Lipinski definition) is 1. The van der Waals surface area contributed by atoms with Crippen molar-refractivity contribution in [2.75, 3.05) is 13.7 Å². The molecule has 0 radical (unpaired) electrons. The summed E-state index contributed by atoms with van der Waals surface area (Å²) in [6.07, 6.45) is 3.31. The first-order valence-corrected chi connectivity index (χ1v) is 6.03. The summed E-state index contributed by atoms with van der Waals surface area (Å²) in [5.41, 5.74) is 5.86. The highest BCUT2D eigenvalue weighted by Crippen LogP contribution is 2.28. The number of methoxy groups -OCH3 is 1. The zero-order valence-corrected chi connectivity index (χ0v) is 10.3. The molecule has 0 amide bonds. The van der Waals surface area contributed by atoms with Crippen LogP contribution < -0.4 is 10.5 Å². The number of carbonyl (C=O) groups excluding carboxylic acids is 1. The van der Waals surface area contributed by atoms with Crippen molar-refractivity contribution in [3.8, 4) is 5.88 Å². The van der Waals surface area contributed by atoms with Crippen molar-refractivity contribution < 1.29 is 14.3 Å². The fraction of sp³-hybridized carbons (Fsp3) is 0.583. The van der Waals surface area contributed by atoms with Gasteiger partial charge in [-0.1, -0.05) is 0 Å². The number of nitrogens with two attached hydrogens (primary N) is 1. The SMILES string of the molecule is COC(=O)c1ccc(OC2CCCC2CN)nn1. The zero-order valence-electron chi connectivity index (χ0n) is 10.3. The van der Waals surface area contributed by atoms with Crippen molar-refractivity contribution >= 4 is 5.97 Å². The van der Waals surface area contributed by atoms with Gasteiger partial charge in [-0.15, -0.1) is 10.2 Å². The van der Waals surface area contributed by atoms with E-state index in [2.05, 4.69) is 14.9 Å². The van der Waals surface area contributed by atoms with Crippen LogP contribution in [0.5, 0.6) is 5.88 Å². The van der Waals surface area contributed by atoms with Crippen molar-refractivity contribution in [1.82, 2.24) is 10.2 Å². The number of aromatic nitrogens is 2. The van der Waals surface area contributed by atoms with Gasteiger partial charge in [0, 0.05) is 12.0 Å². The molecule has 0 bridgehead atoms. The summed E-state index contributed by atoms with van der Waals surface area (Å²) < 4.78 is 10.3. The van der Waals surface area contributed by atoms with Gasteiger partial charge >= 0.3 is 5.97 Å². The van der Waals surface area contributed by atoms with Crippen LogP contribution in [0.25, 0.3) is 0 Å². The van der Waals surface area contributed by atoms with E-state index in [-0.39, 0.29) is 11.8 Å². The summed E-state index contributed by atoms with van der Waals surface area (Å²) in [6, 6.07) is 3.17. The van der Waals surface area contributed by atoms with Gasteiger partial charge in [-0.2, -0.15) is 0 Å². The second-order valence-electron chi connectivity index (χ2n) is 4.33. The molecule has 2 N–H and O–H groups in total. The van der Waals surface area contributed by atoms with Gasteiger partial charge in [0.1, 0.15) is 6.10 Å². The standard InChI is InChI=1S/C12H17N3O3/c1-17-12(16)9-5-6-11(15-14-9)18-10-4-2-3-8(10)7-13/h5-6,8,10H,2-4,7,13H2,1H3. The van der Waals surface area contributed by atoms with Gasteiger partial charge in [0.15, 0.2) is 5.69 Å². The Morgan fingerprint density at radius 2 is 2.28 bits per heavy atom. The molecule has 0 aliphatic heterocycles. The predicted octanol–water partition coefficient (Wildman–Crippen LogP) is 0.769. The van der Waals surface area contributed by atoms with Crippen LogP contribution in [-0.4, -0.2) is 35.9 Å². The second kappa shape index (κ2) is 5.77. The molecule has 2 rings (SSSR count). The largest absolute Gasteiger partial charge is 0.473 e. The Balaban J connectivity index is 2.00. The van der Waals surface area contributed by atoms with Gasteiger partial charge in [-0.05, 0) is 31.9 Å². The molecule has 2 atom stereocenters. The molecule has 1 saturated carbocycles. The molecular formula is C12H17N3O3. The average molecular weight is 251 g/mol. The first-order valence-electron chi connectivity index (χ1n) is 6.03. The minimum absolute atomic E-state index is 0.105. The van der Waals surface area contributed by atoms with Crippen molar-refractivity contribution in [1.29, 1.82) is 0 Å². The van der Waals surface area contributed by atoms with Gasteiger partial charge in [0.2, 0.25) is 5.88 Å². The van der Waals surface area contributed by atoms with Gasteiger partial charge in [0.25, 0.3) is 0 Å². The smallest absolute Gasteiger partial charge is 0.358 e. The molecule has 1 aliphatic carbocycles. The van der Waals surface area contributed by atoms with E-state index in [4.69, 9.17) is 10.5 Å². The highest BCUT2D eigenvalue weighted by molar-refractivity contribution is 5.86. The normalized spacial score (nSPS) is 22.8. The summed E-state index contributed by atoms with van der Waals surface area (Å²) in [6.45, 7) is 0.623.